The fourth-order valence-corrected chi connectivity index (χ4v) is 6.28. The summed E-state index contributed by atoms with van der Waals surface area (Å²) in [6.07, 6.45) is 6.57. The number of aryl methyl sites for hydroxylation is 1. The highest BCUT2D eigenvalue weighted by Crippen LogP contribution is 2.40. The molecule has 1 amide bonds. The van der Waals surface area contributed by atoms with Crippen molar-refractivity contribution < 1.29 is 9.53 Å². The van der Waals surface area contributed by atoms with Gasteiger partial charge < -0.3 is 19.9 Å². The number of aromatic amines is 1. The number of fused-ring (bicyclic) bond motifs is 2. The van der Waals surface area contributed by atoms with Crippen LogP contribution in [0.5, 0.6) is 0 Å². The minimum absolute atomic E-state index is 0.154. The number of hydrogen-bond donors (Lipinski definition) is 2. The summed E-state index contributed by atoms with van der Waals surface area (Å²) in [6.45, 7) is 12.8. The molecular formula is C30H38N6O2. The Kier molecular flexibility index (Phi) is 6.60. The summed E-state index contributed by atoms with van der Waals surface area (Å²) in [5.74, 6) is 1.25. The number of benzene rings is 1. The molecular weight excluding hydrogens is 476 g/mol. The van der Waals surface area contributed by atoms with Gasteiger partial charge in [-0.25, -0.2) is 14.3 Å². The average Bonchev–Trinajstić information content (AvgIpc) is 3.68. The Bertz CT molecular complexity index is 1470. The van der Waals surface area contributed by atoms with Crippen molar-refractivity contribution in [3.63, 3.8) is 0 Å². The Hall–Kier alpha value is -3.39. The Morgan fingerprint density at radius 1 is 1.16 bits per heavy atom. The lowest BCUT2D eigenvalue weighted by molar-refractivity contribution is 0.0815. The minimum Gasteiger partial charge on any atom is -0.449 e. The number of likely N-dealkylation sites (tertiary alicyclic amines) is 1. The topological polar surface area (TPSA) is 87.5 Å². The first-order valence-electron chi connectivity index (χ1n) is 14.0. The second kappa shape index (κ2) is 10.1. The Morgan fingerprint density at radius 3 is 2.71 bits per heavy atom. The number of hydrogen-bond acceptors (Lipinski definition) is 5. The lowest BCUT2D eigenvalue weighted by atomic mass is 9.87. The first-order chi connectivity index (χ1) is 18.4. The lowest BCUT2D eigenvalue weighted by Crippen LogP contribution is -2.39. The summed E-state index contributed by atoms with van der Waals surface area (Å²) in [5, 5.41) is 9.03. The highest BCUT2D eigenvalue weighted by atomic mass is 16.6. The summed E-state index contributed by atoms with van der Waals surface area (Å²) in [4.78, 5) is 22.7. The molecule has 1 atom stereocenters. The van der Waals surface area contributed by atoms with E-state index in [0.717, 1.165) is 62.2 Å². The van der Waals surface area contributed by atoms with Crippen LogP contribution in [0.25, 0.3) is 27.8 Å². The summed E-state index contributed by atoms with van der Waals surface area (Å²) >= 11 is 0. The highest BCUT2D eigenvalue weighted by molar-refractivity contribution is 5.92. The van der Waals surface area contributed by atoms with E-state index >= 15 is 0 Å². The zero-order valence-electron chi connectivity index (χ0n) is 22.9. The molecule has 200 valence electrons. The van der Waals surface area contributed by atoms with Gasteiger partial charge in [0.1, 0.15) is 6.33 Å². The monoisotopic (exact) mass is 514 g/mol. The number of aromatic nitrogens is 4. The third-order valence-corrected chi connectivity index (χ3v) is 8.67. The van der Waals surface area contributed by atoms with Gasteiger partial charge in [0.25, 0.3) is 0 Å². The minimum atomic E-state index is -0.154. The number of amides is 1. The van der Waals surface area contributed by atoms with Crippen LogP contribution in [0.1, 0.15) is 67.2 Å². The van der Waals surface area contributed by atoms with Crippen LogP contribution in [0.2, 0.25) is 0 Å². The summed E-state index contributed by atoms with van der Waals surface area (Å²) in [6, 6.07) is 6.87. The van der Waals surface area contributed by atoms with Crippen molar-refractivity contribution in [3.8, 4) is 11.3 Å². The fraction of sp³-hybridized carbons (Fsp3) is 0.500. The molecule has 2 N–H and O–H groups in total. The van der Waals surface area contributed by atoms with Crippen LogP contribution in [-0.4, -0.2) is 63.4 Å². The number of carbonyl (C=O) groups is 1. The maximum Gasteiger partial charge on any atom is 0.409 e. The Morgan fingerprint density at radius 2 is 1.97 bits per heavy atom. The molecule has 2 fully saturated rings. The molecule has 2 aliphatic heterocycles. The van der Waals surface area contributed by atoms with Crippen LogP contribution in [0.3, 0.4) is 0 Å². The molecule has 0 aliphatic carbocycles. The summed E-state index contributed by atoms with van der Waals surface area (Å²) in [5.41, 5.74) is 9.47. The van der Waals surface area contributed by atoms with Gasteiger partial charge >= 0.3 is 6.09 Å². The molecule has 6 rings (SSSR count). The number of pyridine rings is 1. The Balaban J connectivity index is 1.24. The zero-order valence-corrected chi connectivity index (χ0v) is 22.9. The predicted octanol–water partition coefficient (Wildman–Crippen LogP) is 5.54. The van der Waals surface area contributed by atoms with Crippen LogP contribution in [0.15, 0.2) is 30.7 Å². The SMILES string of the molecule is Cc1c(-c2[nH]c3ccc(C4CCN(C(=O)OC[C@@H]5CCNC5)CC4)cc3c2C(C)C)cn2ncnc2c1C. The average molecular weight is 515 g/mol. The fourth-order valence-electron chi connectivity index (χ4n) is 6.28. The molecule has 3 aromatic heterocycles. The van der Waals surface area contributed by atoms with Gasteiger partial charge in [0.05, 0.1) is 12.3 Å². The lowest BCUT2D eigenvalue weighted by Gasteiger charge is -2.32. The van der Waals surface area contributed by atoms with E-state index in [4.69, 9.17) is 4.74 Å². The van der Waals surface area contributed by atoms with Crippen LogP contribution < -0.4 is 5.32 Å². The van der Waals surface area contributed by atoms with Crippen molar-refractivity contribution >= 4 is 22.6 Å². The second-order valence-electron chi connectivity index (χ2n) is 11.4. The molecule has 2 aliphatic rings. The largest absolute Gasteiger partial charge is 0.449 e. The van der Waals surface area contributed by atoms with Crippen LogP contribution in [0, 0.1) is 19.8 Å². The van der Waals surface area contributed by atoms with Crippen molar-refractivity contribution in [2.45, 2.75) is 58.8 Å². The molecule has 0 spiro atoms. The normalized spacial score (nSPS) is 18.8. The first-order valence-corrected chi connectivity index (χ1v) is 14.0. The third-order valence-electron chi connectivity index (χ3n) is 8.67. The van der Waals surface area contributed by atoms with E-state index in [9.17, 15) is 4.79 Å². The van der Waals surface area contributed by atoms with E-state index in [2.05, 4.69) is 72.5 Å². The molecule has 8 nitrogen and oxygen atoms in total. The second-order valence-corrected chi connectivity index (χ2v) is 11.4. The molecule has 8 heteroatoms. The number of ether oxygens (including phenoxy) is 1. The Labute approximate surface area is 223 Å². The van der Waals surface area contributed by atoms with E-state index in [1.165, 1.54) is 33.3 Å². The van der Waals surface area contributed by atoms with E-state index in [1.54, 1.807) is 6.33 Å². The van der Waals surface area contributed by atoms with Gasteiger partial charge in [0, 0.05) is 48.2 Å². The summed E-state index contributed by atoms with van der Waals surface area (Å²) < 4.78 is 7.50. The molecule has 1 aromatic carbocycles. The van der Waals surface area contributed by atoms with E-state index in [1.807, 2.05) is 9.42 Å². The molecule has 0 unspecified atom stereocenters. The quantitative estimate of drug-likeness (QED) is 0.365. The van der Waals surface area contributed by atoms with Gasteiger partial charge in [0.15, 0.2) is 5.65 Å². The predicted molar refractivity (Wildman–Crippen MR) is 150 cm³/mol. The molecule has 0 bridgehead atoms. The number of H-pyrrole nitrogens is 1. The maximum atomic E-state index is 12.6. The smallest absolute Gasteiger partial charge is 0.409 e. The number of nitrogens with zero attached hydrogens (tertiary/aromatic N) is 4. The van der Waals surface area contributed by atoms with Crippen molar-refractivity contribution in [2.75, 3.05) is 32.8 Å². The van der Waals surface area contributed by atoms with Gasteiger partial charge in [-0.05, 0) is 85.9 Å². The van der Waals surface area contributed by atoms with E-state index in [-0.39, 0.29) is 6.09 Å². The number of carbonyl (C=O) groups excluding carboxylic acids is 1. The molecule has 5 heterocycles. The zero-order chi connectivity index (χ0) is 26.4. The van der Waals surface area contributed by atoms with Crippen molar-refractivity contribution in [2.24, 2.45) is 5.92 Å². The van der Waals surface area contributed by atoms with Gasteiger partial charge in [-0.1, -0.05) is 19.9 Å². The van der Waals surface area contributed by atoms with Gasteiger partial charge in [0.2, 0.25) is 0 Å². The molecule has 4 aromatic rings. The van der Waals surface area contributed by atoms with Crippen molar-refractivity contribution in [1.82, 2.24) is 29.8 Å². The highest BCUT2D eigenvalue weighted by Gasteiger charge is 2.27. The van der Waals surface area contributed by atoms with Crippen molar-refractivity contribution in [3.05, 3.63) is 53.0 Å². The first kappa shape index (κ1) is 24.9. The maximum absolute atomic E-state index is 12.6. The van der Waals surface area contributed by atoms with Gasteiger partial charge in [-0.15, -0.1) is 0 Å². The molecule has 2 saturated heterocycles. The number of nitrogens with one attached hydrogen (secondary N) is 2. The number of piperidine rings is 1. The standard InChI is InChI=1S/C30H38N6O2/c1-18(2)27-24-13-23(22-8-11-35(12-9-22)30(37)38-16-21-7-10-31-14-21)5-6-26(24)34-28(27)25-15-36-29(32-17-33-36)20(4)19(25)3/h5-6,13,15,17-18,21-22,31,34H,7-12,14,16H2,1-4H3/t21-/m1/s1. The van der Waals surface area contributed by atoms with Crippen LogP contribution in [-0.2, 0) is 4.74 Å². The van der Waals surface area contributed by atoms with E-state index < -0.39 is 0 Å². The molecule has 0 radical (unpaired) electrons. The summed E-state index contributed by atoms with van der Waals surface area (Å²) in [7, 11) is 0. The van der Waals surface area contributed by atoms with Crippen LogP contribution in [0.4, 0.5) is 4.79 Å². The molecule has 0 saturated carbocycles. The third kappa shape index (κ3) is 4.45. The number of rotatable bonds is 5. The van der Waals surface area contributed by atoms with E-state index in [0.29, 0.717) is 24.4 Å². The van der Waals surface area contributed by atoms with Gasteiger partial charge in [-0.3, -0.25) is 0 Å². The van der Waals surface area contributed by atoms with Crippen molar-refractivity contribution in [1.29, 1.82) is 0 Å². The van der Waals surface area contributed by atoms with Gasteiger partial charge in [-0.2, -0.15) is 5.10 Å². The molecule has 38 heavy (non-hydrogen) atoms. The van der Waals surface area contributed by atoms with Crippen LogP contribution >= 0.6 is 0 Å².